The quantitative estimate of drug-likeness (QED) is 0.644. The first kappa shape index (κ1) is 16.1. The Morgan fingerprint density at radius 2 is 1.81 bits per heavy atom. The number of benzene rings is 1. The van der Waals surface area contributed by atoms with Crippen LogP contribution in [0.3, 0.4) is 0 Å². The van der Waals surface area contributed by atoms with Gasteiger partial charge in [-0.2, -0.15) is 0 Å². The molecule has 0 aliphatic carbocycles. The average molecular weight is 351 g/mol. The third-order valence-corrected chi connectivity index (χ3v) is 4.47. The number of nitrogens with zero attached hydrogens (tertiary/aromatic N) is 3. The Labute approximate surface area is 148 Å². The Morgan fingerprint density at radius 3 is 2.50 bits per heavy atom. The number of nitrogen functional groups attached to an aromatic ring is 1. The second-order valence-corrected chi connectivity index (χ2v) is 7.23. The molecule has 0 unspecified atom stereocenters. The van der Waals surface area contributed by atoms with E-state index in [9.17, 15) is 14.4 Å². The van der Waals surface area contributed by atoms with E-state index in [-0.39, 0.29) is 22.5 Å². The summed E-state index contributed by atoms with van der Waals surface area (Å²) in [4.78, 5) is 40.6. The summed E-state index contributed by atoms with van der Waals surface area (Å²) in [6.45, 7) is 6.21. The number of hydrogen-bond acceptors (Lipinski definition) is 5. The number of anilines is 1. The number of amides is 2. The van der Waals surface area contributed by atoms with Gasteiger partial charge in [0.2, 0.25) is 0 Å². The third kappa shape index (κ3) is 2.15. The monoisotopic (exact) mass is 351 g/mol. The van der Waals surface area contributed by atoms with Crippen molar-refractivity contribution < 1.29 is 9.59 Å². The van der Waals surface area contributed by atoms with E-state index in [4.69, 9.17) is 5.73 Å². The smallest absolute Gasteiger partial charge is 0.262 e. The summed E-state index contributed by atoms with van der Waals surface area (Å²) in [7, 11) is 0. The van der Waals surface area contributed by atoms with E-state index in [0.29, 0.717) is 11.2 Å². The van der Waals surface area contributed by atoms with E-state index in [1.807, 2.05) is 10.6 Å². The number of fused-ring (bicyclic) bond motifs is 2. The van der Waals surface area contributed by atoms with Gasteiger partial charge in [0, 0.05) is 11.6 Å². The van der Waals surface area contributed by atoms with Gasteiger partial charge in [-0.15, -0.1) is 0 Å². The number of nitrogens with two attached hydrogens (primary N) is 1. The zero-order chi connectivity index (χ0) is 18.8. The molecular formula is C18H17N5O3. The van der Waals surface area contributed by atoms with Crippen LogP contribution in [-0.4, -0.2) is 25.9 Å². The minimum Gasteiger partial charge on any atom is -0.384 e. The van der Waals surface area contributed by atoms with Crippen molar-refractivity contribution >= 4 is 28.7 Å². The maximum atomic E-state index is 12.5. The van der Waals surface area contributed by atoms with Crippen LogP contribution in [-0.2, 0) is 5.54 Å². The standard InChI is InChI=1S/C18H17N5O3/c1-18(2,3)22-8-20-11-6-9(4-5-12(11)22)23-13(24)7-10-14(15(23)19)17(26)21-16(10)25/h4-8H,19H2,1-3H3,(H,21,25,26). The molecule has 8 heteroatoms. The molecule has 0 saturated heterocycles. The van der Waals surface area contributed by atoms with Crippen LogP contribution in [0.25, 0.3) is 16.7 Å². The van der Waals surface area contributed by atoms with Gasteiger partial charge in [0.1, 0.15) is 5.82 Å². The Morgan fingerprint density at radius 1 is 1.08 bits per heavy atom. The van der Waals surface area contributed by atoms with Gasteiger partial charge in [-0.05, 0) is 39.0 Å². The Hall–Kier alpha value is -3.42. The van der Waals surface area contributed by atoms with E-state index >= 15 is 0 Å². The molecule has 132 valence electrons. The fourth-order valence-electron chi connectivity index (χ4n) is 3.22. The van der Waals surface area contributed by atoms with Crippen molar-refractivity contribution in [1.82, 2.24) is 19.4 Å². The first-order chi connectivity index (χ1) is 12.2. The summed E-state index contributed by atoms with van der Waals surface area (Å²) in [6, 6.07) is 6.46. The molecule has 8 nitrogen and oxygen atoms in total. The lowest BCUT2D eigenvalue weighted by Crippen LogP contribution is -2.24. The first-order valence-electron chi connectivity index (χ1n) is 8.07. The number of nitrogens with one attached hydrogen (secondary N) is 1. The highest BCUT2D eigenvalue weighted by Crippen LogP contribution is 2.26. The number of aromatic nitrogens is 3. The van der Waals surface area contributed by atoms with Crippen molar-refractivity contribution in [1.29, 1.82) is 0 Å². The number of pyridine rings is 1. The largest absolute Gasteiger partial charge is 0.384 e. The second kappa shape index (κ2) is 5.04. The van der Waals surface area contributed by atoms with E-state index < -0.39 is 17.4 Å². The van der Waals surface area contributed by atoms with Crippen LogP contribution in [0.1, 0.15) is 41.5 Å². The maximum absolute atomic E-state index is 12.5. The van der Waals surface area contributed by atoms with Crippen LogP contribution in [0, 0.1) is 0 Å². The van der Waals surface area contributed by atoms with Crippen molar-refractivity contribution in [2.24, 2.45) is 0 Å². The van der Waals surface area contributed by atoms with Gasteiger partial charge in [0.05, 0.1) is 34.2 Å². The molecule has 1 aliphatic heterocycles. The summed E-state index contributed by atoms with van der Waals surface area (Å²) in [5, 5.41) is 2.15. The summed E-state index contributed by atoms with van der Waals surface area (Å²) < 4.78 is 3.25. The number of rotatable bonds is 1. The van der Waals surface area contributed by atoms with Crippen LogP contribution in [0.2, 0.25) is 0 Å². The molecule has 3 aromatic rings. The molecule has 0 radical (unpaired) electrons. The summed E-state index contributed by atoms with van der Waals surface area (Å²) in [6.07, 6.45) is 1.75. The van der Waals surface area contributed by atoms with Crippen LogP contribution in [0.4, 0.5) is 5.82 Å². The van der Waals surface area contributed by atoms with Crippen molar-refractivity contribution in [2.75, 3.05) is 5.73 Å². The molecule has 0 saturated carbocycles. The number of imide groups is 1. The molecule has 2 amide bonds. The summed E-state index contributed by atoms with van der Waals surface area (Å²) in [5.74, 6) is -1.28. The number of carbonyl (C=O) groups excluding carboxylic acids is 2. The van der Waals surface area contributed by atoms with Gasteiger partial charge in [-0.1, -0.05) is 0 Å². The van der Waals surface area contributed by atoms with Crippen molar-refractivity contribution in [3.05, 3.63) is 52.1 Å². The fraction of sp³-hybridized carbons (Fsp3) is 0.222. The minimum atomic E-state index is -0.611. The topological polar surface area (TPSA) is 112 Å². The molecule has 0 fully saturated rings. The number of hydrogen-bond donors (Lipinski definition) is 2. The maximum Gasteiger partial charge on any atom is 0.262 e. The van der Waals surface area contributed by atoms with E-state index in [2.05, 4.69) is 31.1 Å². The average Bonchev–Trinajstić information content (AvgIpc) is 3.08. The molecule has 0 spiro atoms. The summed E-state index contributed by atoms with van der Waals surface area (Å²) in [5.41, 5.74) is 7.56. The SMILES string of the molecule is CC(C)(C)n1cnc2cc(-n3c(N)c4c(cc3=O)C(=O)NC4=O)ccc21. The Kier molecular flexibility index (Phi) is 3.12. The van der Waals surface area contributed by atoms with Gasteiger partial charge in [0.25, 0.3) is 17.4 Å². The molecule has 3 N–H and O–H groups in total. The molecule has 0 bridgehead atoms. The Bertz CT molecular complexity index is 1160. The molecule has 1 aromatic carbocycles. The Balaban J connectivity index is 1.95. The molecule has 26 heavy (non-hydrogen) atoms. The van der Waals surface area contributed by atoms with E-state index in [0.717, 1.165) is 11.6 Å². The van der Waals surface area contributed by atoms with Gasteiger partial charge >= 0.3 is 0 Å². The van der Waals surface area contributed by atoms with Gasteiger partial charge in [0.15, 0.2) is 0 Å². The van der Waals surface area contributed by atoms with Crippen molar-refractivity contribution in [3.8, 4) is 5.69 Å². The van der Waals surface area contributed by atoms with Crippen LogP contribution < -0.4 is 16.6 Å². The lowest BCUT2D eigenvalue weighted by molar-refractivity contribution is 0.0880. The molecule has 2 aromatic heterocycles. The number of imidazole rings is 1. The van der Waals surface area contributed by atoms with Crippen LogP contribution in [0.5, 0.6) is 0 Å². The molecular weight excluding hydrogens is 334 g/mol. The van der Waals surface area contributed by atoms with Crippen molar-refractivity contribution in [2.45, 2.75) is 26.3 Å². The van der Waals surface area contributed by atoms with E-state index in [1.54, 1.807) is 18.5 Å². The zero-order valence-corrected chi connectivity index (χ0v) is 14.5. The van der Waals surface area contributed by atoms with Gasteiger partial charge in [-0.25, -0.2) is 4.98 Å². The predicted molar refractivity (Wildman–Crippen MR) is 96.5 cm³/mol. The third-order valence-electron chi connectivity index (χ3n) is 4.47. The zero-order valence-electron chi connectivity index (χ0n) is 14.5. The molecule has 1 aliphatic rings. The van der Waals surface area contributed by atoms with Crippen molar-refractivity contribution in [3.63, 3.8) is 0 Å². The van der Waals surface area contributed by atoms with Gasteiger partial charge in [-0.3, -0.25) is 24.3 Å². The van der Waals surface area contributed by atoms with Crippen LogP contribution >= 0.6 is 0 Å². The normalized spacial score (nSPS) is 14.0. The minimum absolute atomic E-state index is 0.00633. The number of carbonyl (C=O) groups is 2. The highest BCUT2D eigenvalue weighted by atomic mass is 16.2. The second-order valence-electron chi connectivity index (χ2n) is 7.23. The predicted octanol–water partition coefficient (Wildman–Crippen LogP) is 1.41. The van der Waals surface area contributed by atoms with Gasteiger partial charge < -0.3 is 10.3 Å². The lowest BCUT2D eigenvalue weighted by Gasteiger charge is -2.21. The highest BCUT2D eigenvalue weighted by molar-refractivity contribution is 6.23. The van der Waals surface area contributed by atoms with E-state index in [1.165, 1.54) is 4.57 Å². The van der Waals surface area contributed by atoms with Crippen LogP contribution in [0.15, 0.2) is 35.4 Å². The summed E-state index contributed by atoms with van der Waals surface area (Å²) >= 11 is 0. The first-order valence-corrected chi connectivity index (χ1v) is 8.07. The fourth-order valence-corrected chi connectivity index (χ4v) is 3.22. The molecule has 3 heterocycles. The lowest BCUT2D eigenvalue weighted by atomic mass is 10.1. The molecule has 4 rings (SSSR count). The molecule has 0 atom stereocenters. The highest BCUT2D eigenvalue weighted by Gasteiger charge is 2.32.